The minimum atomic E-state index is 0. The minimum Gasteiger partial charge on any atom is -1.00 e. The molecule has 0 radical (unpaired) electrons. The Balaban J connectivity index is 0.00000400. The molecular formula is C17H32IN3. The lowest BCUT2D eigenvalue weighted by molar-refractivity contribution is -0.703. The molecule has 21 heavy (non-hydrogen) atoms. The fourth-order valence-electron chi connectivity index (χ4n) is 2.55. The third-order valence-corrected chi connectivity index (χ3v) is 3.83. The van der Waals surface area contributed by atoms with Gasteiger partial charge < -0.3 is 24.0 Å². The number of hydrogen-bond donors (Lipinski definition) is 0. The van der Waals surface area contributed by atoms with Gasteiger partial charge in [-0.15, -0.1) is 0 Å². The van der Waals surface area contributed by atoms with Crippen molar-refractivity contribution in [2.45, 2.75) is 90.5 Å². The van der Waals surface area contributed by atoms with Gasteiger partial charge in [-0.3, -0.25) is 0 Å². The van der Waals surface area contributed by atoms with Crippen LogP contribution in [0.5, 0.6) is 0 Å². The monoisotopic (exact) mass is 405 g/mol. The number of halogens is 1. The van der Waals surface area contributed by atoms with Crippen LogP contribution in [-0.4, -0.2) is 9.97 Å². The zero-order valence-electron chi connectivity index (χ0n) is 13.6. The predicted octanol–water partition coefficient (Wildman–Crippen LogP) is 1.47. The topological polar surface area (TPSA) is 29.7 Å². The van der Waals surface area contributed by atoms with Crippen LogP contribution in [0.15, 0.2) is 19.0 Å². The Morgan fingerprint density at radius 2 is 1.10 bits per heavy atom. The first kappa shape index (κ1) is 20.7. The summed E-state index contributed by atoms with van der Waals surface area (Å²) in [6, 6.07) is 0. The summed E-state index contributed by atoms with van der Waals surface area (Å²) in [5.41, 5.74) is 0. The highest BCUT2D eigenvalue weighted by Gasteiger charge is 1.96. The number of hydrogen-bond acceptors (Lipinski definition) is 2. The van der Waals surface area contributed by atoms with Gasteiger partial charge in [0.25, 0.3) is 6.33 Å². The van der Waals surface area contributed by atoms with Crippen LogP contribution in [-0.2, 0) is 6.54 Å². The van der Waals surface area contributed by atoms with E-state index in [4.69, 9.17) is 0 Å². The van der Waals surface area contributed by atoms with Crippen molar-refractivity contribution in [2.24, 2.45) is 0 Å². The quantitative estimate of drug-likeness (QED) is 0.283. The number of aryl methyl sites for hydroxylation is 1. The second-order valence-electron chi connectivity index (χ2n) is 5.77. The fourth-order valence-corrected chi connectivity index (χ4v) is 2.55. The van der Waals surface area contributed by atoms with Crippen molar-refractivity contribution in [1.29, 1.82) is 0 Å². The average Bonchev–Trinajstić information content (AvgIpc) is 2.49. The van der Waals surface area contributed by atoms with Gasteiger partial charge >= 0.3 is 0 Å². The second-order valence-corrected chi connectivity index (χ2v) is 5.77. The maximum absolute atomic E-state index is 4.01. The maximum atomic E-state index is 4.01. The van der Waals surface area contributed by atoms with Crippen LogP contribution in [0.4, 0.5) is 0 Å². The highest BCUT2D eigenvalue weighted by atomic mass is 127. The van der Waals surface area contributed by atoms with E-state index in [0.717, 1.165) is 6.54 Å². The number of nitrogens with zero attached hydrogens (tertiary/aromatic N) is 3. The molecule has 0 aliphatic carbocycles. The Bertz CT molecular complexity index is 306. The molecule has 0 atom stereocenters. The number of aromatic nitrogens is 3. The molecule has 0 spiro atoms. The molecule has 0 fully saturated rings. The van der Waals surface area contributed by atoms with Gasteiger partial charge in [-0.05, 0) is 6.42 Å². The van der Waals surface area contributed by atoms with Gasteiger partial charge in [0.2, 0.25) is 12.7 Å². The van der Waals surface area contributed by atoms with Crippen molar-refractivity contribution >= 4 is 0 Å². The summed E-state index contributed by atoms with van der Waals surface area (Å²) in [4.78, 5) is 8.02. The van der Waals surface area contributed by atoms with E-state index in [-0.39, 0.29) is 24.0 Å². The van der Waals surface area contributed by atoms with E-state index in [0.29, 0.717) is 0 Å². The Hall–Kier alpha value is -0.260. The SMILES string of the molecule is CCCCCCCCCCCCCC[n+]1cncnc1.[I-]. The molecule has 0 aliphatic heterocycles. The van der Waals surface area contributed by atoms with Crippen molar-refractivity contribution in [3.8, 4) is 0 Å². The second kappa shape index (κ2) is 16.1. The zero-order chi connectivity index (χ0) is 14.3. The van der Waals surface area contributed by atoms with Crippen LogP contribution in [0.1, 0.15) is 84.0 Å². The summed E-state index contributed by atoms with van der Waals surface area (Å²) in [6.07, 6.45) is 22.1. The standard InChI is InChI=1S/C17H32N3.HI/c1-2-3-4-5-6-7-8-9-10-11-12-13-14-20-16-18-15-19-17-20;/h15-17H,2-14H2,1H3;1H/q+1;/p-1. The number of unbranched alkanes of at least 4 members (excludes halogenated alkanes) is 11. The predicted molar refractivity (Wildman–Crippen MR) is 83.3 cm³/mol. The molecule has 1 aromatic rings. The van der Waals surface area contributed by atoms with E-state index in [2.05, 4.69) is 21.5 Å². The first-order valence-electron chi connectivity index (χ1n) is 8.57. The van der Waals surface area contributed by atoms with Crippen molar-refractivity contribution < 1.29 is 28.5 Å². The van der Waals surface area contributed by atoms with E-state index in [1.807, 2.05) is 12.7 Å². The average molecular weight is 405 g/mol. The largest absolute Gasteiger partial charge is 1.00 e. The third kappa shape index (κ3) is 13.1. The lowest BCUT2D eigenvalue weighted by Gasteiger charge is -2.02. The summed E-state index contributed by atoms with van der Waals surface area (Å²) >= 11 is 0. The highest BCUT2D eigenvalue weighted by Crippen LogP contribution is 2.11. The van der Waals surface area contributed by atoms with E-state index in [9.17, 15) is 0 Å². The first-order chi connectivity index (χ1) is 9.93. The maximum Gasteiger partial charge on any atom is 0.263 e. The molecule has 0 aromatic carbocycles. The number of rotatable bonds is 13. The summed E-state index contributed by atoms with van der Waals surface area (Å²) < 4.78 is 2.07. The van der Waals surface area contributed by atoms with E-state index < -0.39 is 0 Å². The molecule has 1 heterocycles. The van der Waals surface area contributed by atoms with Gasteiger partial charge in [0.1, 0.15) is 0 Å². The van der Waals surface area contributed by atoms with Gasteiger partial charge in [0, 0.05) is 0 Å². The molecule has 122 valence electrons. The van der Waals surface area contributed by atoms with E-state index in [1.54, 1.807) is 6.33 Å². The van der Waals surface area contributed by atoms with Gasteiger partial charge in [0.15, 0.2) is 0 Å². The zero-order valence-corrected chi connectivity index (χ0v) is 15.8. The Morgan fingerprint density at radius 1 is 0.667 bits per heavy atom. The fraction of sp³-hybridized carbons (Fsp3) is 0.824. The molecule has 1 rings (SSSR count). The van der Waals surface area contributed by atoms with Gasteiger partial charge in [0.05, 0.1) is 6.54 Å². The molecule has 4 heteroatoms. The Morgan fingerprint density at radius 3 is 1.57 bits per heavy atom. The van der Waals surface area contributed by atoms with Gasteiger partial charge in [-0.1, -0.05) is 87.5 Å². The highest BCUT2D eigenvalue weighted by molar-refractivity contribution is 4.48. The van der Waals surface area contributed by atoms with Crippen molar-refractivity contribution in [3.63, 3.8) is 0 Å². The first-order valence-corrected chi connectivity index (χ1v) is 8.57. The van der Waals surface area contributed by atoms with Crippen LogP contribution >= 0.6 is 0 Å². The summed E-state index contributed by atoms with van der Waals surface area (Å²) in [6.45, 7) is 3.33. The molecule has 0 aliphatic rings. The molecule has 0 N–H and O–H groups in total. The van der Waals surface area contributed by atoms with Gasteiger partial charge in [-0.25, -0.2) is 4.57 Å². The lowest BCUT2D eigenvalue weighted by atomic mass is 10.1. The molecule has 0 unspecified atom stereocenters. The van der Waals surface area contributed by atoms with E-state index >= 15 is 0 Å². The van der Waals surface area contributed by atoms with Crippen molar-refractivity contribution in [1.82, 2.24) is 9.97 Å². The normalized spacial score (nSPS) is 10.3. The van der Waals surface area contributed by atoms with Crippen molar-refractivity contribution in [2.75, 3.05) is 0 Å². The van der Waals surface area contributed by atoms with Crippen LogP contribution < -0.4 is 28.5 Å². The summed E-state index contributed by atoms with van der Waals surface area (Å²) in [5.74, 6) is 0. The lowest BCUT2D eigenvalue weighted by Crippen LogP contribution is -3.00. The molecule has 0 saturated carbocycles. The van der Waals surface area contributed by atoms with Crippen LogP contribution in [0, 0.1) is 0 Å². The van der Waals surface area contributed by atoms with Crippen LogP contribution in [0.3, 0.4) is 0 Å². The minimum absolute atomic E-state index is 0. The molecular weight excluding hydrogens is 373 g/mol. The molecule has 0 saturated heterocycles. The Kier molecular flexibility index (Phi) is 15.9. The van der Waals surface area contributed by atoms with Gasteiger partial charge in [-0.2, -0.15) is 0 Å². The van der Waals surface area contributed by atoms with Crippen LogP contribution in [0.25, 0.3) is 0 Å². The van der Waals surface area contributed by atoms with Crippen molar-refractivity contribution in [3.05, 3.63) is 19.0 Å². The smallest absolute Gasteiger partial charge is 0.263 e. The van der Waals surface area contributed by atoms with E-state index in [1.165, 1.54) is 77.0 Å². The molecule has 1 aromatic heterocycles. The third-order valence-electron chi connectivity index (χ3n) is 3.83. The molecule has 0 amide bonds. The molecule has 0 bridgehead atoms. The summed E-state index contributed by atoms with van der Waals surface area (Å²) in [7, 11) is 0. The Labute approximate surface area is 148 Å². The molecule has 3 nitrogen and oxygen atoms in total. The summed E-state index contributed by atoms with van der Waals surface area (Å²) in [5, 5.41) is 0. The van der Waals surface area contributed by atoms with Crippen LogP contribution in [0.2, 0.25) is 0 Å².